The molecular weight excluding hydrogens is 595 g/mol. The highest BCUT2D eigenvalue weighted by Crippen LogP contribution is 2.44. The first-order valence-electron chi connectivity index (χ1n) is 15.7. The zero-order chi connectivity index (χ0) is 32.4. The van der Waals surface area contributed by atoms with Gasteiger partial charge in [0, 0.05) is 6.42 Å². The number of nitrogens with one attached hydrogen (secondary N) is 1. The van der Waals surface area contributed by atoms with E-state index in [0.717, 1.165) is 16.7 Å². The monoisotopic (exact) mass is 637 g/mol. The summed E-state index contributed by atoms with van der Waals surface area (Å²) >= 11 is 0. The maximum absolute atomic E-state index is 7.24. The fourth-order valence-electron chi connectivity index (χ4n) is 5.91. The molecule has 0 spiro atoms. The molecule has 6 rings (SSSR count). The van der Waals surface area contributed by atoms with Gasteiger partial charge in [-0.05, 0) is 34.8 Å². The van der Waals surface area contributed by atoms with Crippen LogP contribution in [0, 0.1) is 0 Å². The third-order valence-electron chi connectivity index (χ3n) is 9.31. The Kier molecular flexibility index (Phi) is 9.09. The Morgan fingerprint density at radius 2 is 1.41 bits per heavy atom. The topological polar surface area (TPSA) is 92.6 Å². The van der Waals surface area contributed by atoms with E-state index >= 15 is 0 Å². The molecule has 1 aliphatic heterocycles. The van der Waals surface area contributed by atoms with Gasteiger partial charge in [-0.2, -0.15) is 0 Å². The number of rotatable bonds is 11. The normalized spacial score (nSPS) is 19.0. The van der Waals surface area contributed by atoms with E-state index < -0.39 is 13.9 Å². The lowest BCUT2D eigenvalue weighted by atomic mass is 9.80. The largest absolute Gasteiger partial charge is 0.411 e. The third-order valence-corrected chi connectivity index (χ3v) is 13.8. The molecule has 240 valence electrons. The summed E-state index contributed by atoms with van der Waals surface area (Å²) in [5.74, 6) is 0.497. The smallest absolute Gasteiger partial charge is 0.192 e. The van der Waals surface area contributed by atoms with Crippen LogP contribution < -0.4 is 5.48 Å². The Balaban J connectivity index is 1.39. The second kappa shape index (κ2) is 13.1. The van der Waals surface area contributed by atoms with Gasteiger partial charge in [0.25, 0.3) is 0 Å². The average molecular weight is 638 g/mol. The van der Waals surface area contributed by atoms with Crippen LogP contribution in [0.25, 0.3) is 11.2 Å². The first-order chi connectivity index (χ1) is 22.1. The zero-order valence-electron chi connectivity index (χ0n) is 27.4. The highest BCUT2D eigenvalue weighted by molar-refractivity contribution is 6.74. The van der Waals surface area contributed by atoms with E-state index in [1.807, 2.05) is 22.8 Å². The van der Waals surface area contributed by atoms with Crippen LogP contribution in [-0.4, -0.2) is 53.8 Å². The van der Waals surface area contributed by atoms with Crippen molar-refractivity contribution in [2.45, 2.75) is 69.4 Å². The van der Waals surface area contributed by atoms with Gasteiger partial charge in [0.05, 0.1) is 26.1 Å². The number of imidazole rings is 1. The summed E-state index contributed by atoms with van der Waals surface area (Å²) in [6.45, 7) is 11.6. The zero-order valence-corrected chi connectivity index (χ0v) is 28.4. The quantitative estimate of drug-likeness (QED) is 0.0905. The molecular formula is C36H43N5O4Si. The van der Waals surface area contributed by atoms with Crippen molar-refractivity contribution in [3.63, 3.8) is 0 Å². The van der Waals surface area contributed by atoms with Crippen molar-refractivity contribution in [3.05, 3.63) is 120 Å². The molecule has 5 aromatic rings. The van der Waals surface area contributed by atoms with Gasteiger partial charge in [0.1, 0.15) is 24.3 Å². The molecule has 1 aliphatic rings. The number of ether oxygens (including phenoxy) is 2. The summed E-state index contributed by atoms with van der Waals surface area (Å²) < 4.78 is 23.2. The van der Waals surface area contributed by atoms with E-state index in [9.17, 15) is 0 Å². The maximum Gasteiger partial charge on any atom is 0.192 e. The molecule has 0 aliphatic carbocycles. The molecule has 9 nitrogen and oxygen atoms in total. The fraction of sp³-hybridized carbons (Fsp3) is 0.361. The first kappa shape index (κ1) is 32.0. The lowest BCUT2D eigenvalue weighted by Crippen LogP contribution is -2.47. The van der Waals surface area contributed by atoms with Crippen LogP contribution in [0.3, 0.4) is 0 Å². The average Bonchev–Trinajstić information content (AvgIpc) is 3.67. The predicted molar refractivity (Wildman–Crippen MR) is 182 cm³/mol. The number of hydrogen-bond donors (Lipinski definition) is 1. The maximum atomic E-state index is 7.24. The summed E-state index contributed by atoms with van der Waals surface area (Å²) in [5, 5.41) is 0.0218. The van der Waals surface area contributed by atoms with Gasteiger partial charge in [-0.1, -0.05) is 112 Å². The van der Waals surface area contributed by atoms with Crippen molar-refractivity contribution in [2.75, 3.05) is 19.2 Å². The van der Waals surface area contributed by atoms with Gasteiger partial charge >= 0.3 is 0 Å². The van der Waals surface area contributed by atoms with Gasteiger partial charge in [-0.15, -0.1) is 0 Å². The number of nitrogens with zero attached hydrogens (tertiary/aromatic N) is 4. The van der Waals surface area contributed by atoms with Gasteiger partial charge in [-0.25, -0.2) is 20.4 Å². The Morgan fingerprint density at radius 3 is 1.93 bits per heavy atom. The van der Waals surface area contributed by atoms with E-state index in [1.165, 1.54) is 6.33 Å². The van der Waals surface area contributed by atoms with E-state index in [2.05, 4.69) is 127 Å². The lowest BCUT2D eigenvalue weighted by molar-refractivity contribution is -0.0914. The highest BCUT2D eigenvalue weighted by Gasteiger charge is 2.47. The standard InChI is InChI=1S/C36H43N5O4Si/c1-35(2,3)46(5,6)45-29-22-31(41-25-39-32-33(40-42-4)37-24-38-34(32)41)44-30(29)23-43-36(26-16-10-7-11-17-26,27-18-12-8-13-19-27)28-20-14-9-15-21-28/h7-21,24-25,29-31H,22-23H2,1-6H3,(H,37,38,40)/t29-,30+,31+/m0/s1. The summed E-state index contributed by atoms with van der Waals surface area (Å²) in [5.41, 5.74) is 6.30. The van der Waals surface area contributed by atoms with Gasteiger partial charge < -0.3 is 13.9 Å². The van der Waals surface area contributed by atoms with Crippen LogP contribution in [0.4, 0.5) is 5.82 Å². The first-order valence-corrected chi connectivity index (χ1v) is 18.7. The van der Waals surface area contributed by atoms with Crippen molar-refractivity contribution >= 4 is 25.3 Å². The molecule has 2 aromatic heterocycles. The number of anilines is 1. The molecule has 46 heavy (non-hydrogen) atoms. The van der Waals surface area contributed by atoms with Crippen molar-refractivity contribution < 1.29 is 18.7 Å². The second-order valence-corrected chi connectivity index (χ2v) is 18.0. The van der Waals surface area contributed by atoms with Crippen LogP contribution in [0.5, 0.6) is 0 Å². The second-order valence-electron chi connectivity index (χ2n) is 13.2. The highest BCUT2D eigenvalue weighted by atomic mass is 28.4. The molecule has 0 bridgehead atoms. The predicted octanol–water partition coefficient (Wildman–Crippen LogP) is 7.49. The van der Waals surface area contributed by atoms with Crippen molar-refractivity contribution in [2.24, 2.45) is 0 Å². The van der Waals surface area contributed by atoms with Crippen LogP contribution in [-0.2, 0) is 24.3 Å². The number of fused-ring (bicyclic) bond motifs is 1. The van der Waals surface area contributed by atoms with Crippen LogP contribution in [0.15, 0.2) is 104 Å². The van der Waals surface area contributed by atoms with E-state index in [4.69, 9.17) is 18.7 Å². The third kappa shape index (κ3) is 6.11. The number of benzene rings is 3. The molecule has 3 heterocycles. The Bertz CT molecular complexity index is 1630. The van der Waals surface area contributed by atoms with Crippen molar-refractivity contribution in [1.82, 2.24) is 19.5 Å². The molecule has 0 unspecified atom stereocenters. The summed E-state index contributed by atoms with van der Waals surface area (Å²) in [6, 6.07) is 31.2. The molecule has 1 saturated heterocycles. The summed E-state index contributed by atoms with van der Waals surface area (Å²) in [4.78, 5) is 18.5. The molecule has 3 atom stereocenters. The molecule has 1 fully saturated rings. The van der Waals surface area contributed by atoms with Gasteiger partial charge in [0.15, 0.2) is 25.3 Å². The Hall–Kier alpha value is -3.93. The van der Waals surface area contributed by atoms with Crippen molar-refractivity contribution in [3.8, 4) is 0 Å². The number of aromatic nitrogens is 4. The molecule has 0 saturated carbocycles. The molecule has 3 aromatic carbocycles. The fourth-order valence-corrected chi connectivity index (χ4v) is 7.27. The minimum absolute atomic E-state index is 0.0218. The Morgan fingerprint density at radius 1 is 0.848 bits per heavy atom. The minimum Gasteiger partial charge on any atom is -0.411 e. The summed E-state index contributed by atoms with van der Waals surface area (Å²) in [6.07, 6.45) is 2.94. The summed E-state index contributed by atoms with van der Waals surface area (Å²) in [7, 11) is -0.638. The van der Waals surface area contributed by atoms with Gasteiger partial charge in [-0.3, -0.25) is 9.40 Å². The Labute approximate surface area is 272 Å². The molecule has 1 N–H and O–H groups in total. The molecule has 10 heteroatoms. The SMILES string of the molecule is CONc1ncnc2c1ncn2[C@H]1C[C@H](O[Si](C)(C)C(C)(C)C)[C@@H](COC(c2ccccc2)(c2ccccc2)c2ccccc2)O1. The molecule has 0 radical (unpaired) electrons. The van der Waals surface area contributed by atoms with E-state index in [-0.39, 0.29) is 23.5 Å². The van der Waals surface area contributed by atoms with Crippen molar-refractivity contribution in [1.29, 1.82) is 0 Å². The number of hydrogen-bond acceptors (Lipinski definition) is 8. The van der Waals surface area contributed by atoms with Gasteiger partial charge in [0.2, 0.25) is 0 Å². The van der Waals surface area contributed by atoms with Crippen LogP contribution in [0.2, 0.25) is 18.1 Å². The van der Waals surface area contributed by atoms with Crippen LogP contribution >= 0.6 is 0 Å². The van der Waals surface area contributed by atoms with E-state index in [1.54, 1.807) is 13.4 Å². The lowest BCUT2D eigenvalue weighted by Gasteiger charge is -2.40. The van der Waals surface area contributed by atoms with Crippen LogP contribution in [0.1, 0.15) is 50.1 Å². The van der Waals surface area contributed by atoms with E-state index in [0.29, 0.717) is 30.0 Å². The minimum atomic E-state index is -2.18. The molecule has 0 amide bonds.